The van der Waals surface area contributed by atoms with E-state index in [1.54, 1.807) is 29.2 Å². The lowest BCUT2D eigenvalue weighted by molar-refractivity contribution is -0.188. The summed E-state index contributed by atoms with van der Waals surface area (Å²) in [5.74, 6) is -0.0571. The number of hydrogen-bond acceptors (Lipinski definition) is 5. The Morgan fingerprint density at radius 2 is 2.18 bits per heavy atom. The average molecular weight is 377 g/mol. The summed E-state index contributed by atoms with van der Waals surface area (Å²) in [6.07, 6.45) is 1.74. The van der Waals surface area contributed by atoms with E-state index >= 15 is 0 Å². The molecule has 0 saturated carbocycles. The summed E-state index contributed by atoms with van der Waals surface area (Å²) in [7, 11) is 0. The first-order chi connectivity index (χ1) is 13.6. The number of aryl methyl sites for hydroxylation is 1. The third-order valence-corrected chi connectivity index (χ3v) is 5.34. The van der Waals surface area contributed by atoms with Crippen molar-refractivity contribution < 1.29 is 14.3 Å². The number of hydrogen-bond donors (Lipinski definition) is 0. The number of likely N-dealkylation sites (tertiary alicyclic amines) is 1. The van der Waals surface area contributed by atoms with E-state index in [-0.39, 0.29) is 17.6 Å². The zero-order valence-corrected chi connectivity index (χ0v) is 15.9. The molecule has 1 atom stereocenters. The van der Waals surface area contributed by atoms with Gasteiger partial charge >= 0.3 is 0 Å². The fraction of sp³-hybridized carbons (Fsp3) is 0.409. The second-order valence-electron chi connectivity index (χ2n) is 7.58. The third-order valence-electron chi connectivity index (χ3n) is 5.34. The maximum absolute atomic E-state index is 12.7. The van der Waals surface area contributed by atoms with E-state index in [0.29, 0.717) is 37.4 Å². The fourth-order valence-corrected chi connectivity index (χ4v) is 3.93. The number of nitrogens with zero attached hydrogens (tertiary/aromatic N) is 3. The normalized spacial score (nSPS) is 20.4. The topological polar surface area (TPSA) is 75.5 Å². The number of pyridine rings is 1. The molecule has 1 aromatic carbocycles. The van der Waals surface area contributed by atoms with Gasteiger partial charge in [-0.15, -0.1) is 0 Å². The average Bonchev–Trinajstić information content (AvgIpc) is 2.70. The minimum atomic E-state index is -0.314. The van der Waals surface area contributed by atoms with Crippen molar-refractivity contribution in [3.05, 3.63) is 65.0 Å². The Balaban J connectivity index is 1.33. The Bertz CT molecular complexity index is 915. The minimum absolute atomic E-state index is 0.0571. The maximum atomic E-state index is 12.7. The molecule has 0 aliphatic carbocycles. The van der Waals surface area contributed by atoms with Gasteiger partial charge in [0.05, 0.1) is 43.1 Å². The van der Waals surface area contributed by atoms with E-state index in [2.05, 4.69) is 11.1 Å². The quantitative estimate of drug-likeness (QED) is 0.819. The Hall–Kier alpha value is -2.75. The van der Waals surface area contributed by atoms with Crippen LogP contribution in [0, 0.1) is 18.3 Å². The lowest BCUT2D eigenvalue weighted by Crippen LogP contribution is -2.67. The number of aromatic nitrogens is 1. The van der Waals surface area contributed by atoms with E-state index in [0.717, 1.165) is 24.2 Å². The second-order valence-corrected chi connectivity index (χ2v) is 7.58. The largest absolute Gasteiger partial charge is 0.372 e. The Morgan fingerprint density at radius 3 is 2.96 bits per heavy atom. The standard InChI is InChI=1S/C22H23N3O3/c1-16-4-2-7-19(24-16)13-27-20-8-9-28-22(11-20)14-25(15-22)21(26)18-6-3-5-17(10-18)12-23/h2-7,10,20H,8-9,11,13-15H2,1H3/t20-/m0/s1. The molecule has 28 heavy (non-hydrogen) atoms. The van der Waals surface area contributed by atoms with Gasteiger partial charge in [0.2, 0.25) is 0 Å². The molecule has 2 aliphatic rings. The highest BCUT2D eigenvalue weighted by atomic mass is 16.5. The number of carbonyl (C=O) groups excluding carboxylic acids is 1. The number of benzene rings is 1. The highest BCUT2D eigenvalue weighted by molar-refractivity contribution is 5.95. The van der Waals surface area contributed by atoms with Crippen LogP contribution in [0.3, 0.4) is 0 Å². The van der Waals surface area contributed by atoms with E-state index in [1.165, 1.54) is 0 Å². The smallest absolute Gasteiger partial charge is 0.254 e. The van der Waals surface area contributed by atoms with Crippen LogP contribution in [0.2, 0.25) is 0 Å². The first-order valence-electron chi connectivity index (χ1n) is 9.54. The summed E-state index contributed by atoms with van der Waals surface area (Å²) in [6.45, 7) is 4.22. The molecular weight excluding hydrogens is 354 g/mol. The van der Waals surface area contributed by atoms with Gasteiger partial charge in [0.25, 0.3) is 5.91 Å². The van der Waals surface area contributed by atoms with E-state index in [9.17, 15) is 4.79 Å². The maximum Gasteiger partial charge on any atom is 0.254 e. The predicted molar refractivity (Wildman–Crippen MR) is 103 cm³/mol. The molecule has 6 nitrogen and oxygen atoms in total. The lowest BCUT2D eigenvalue weighted by Gasteiger charge is -2.53. The van der Waals surface area contributed by atoms with Crippen molar-refractivity contribution in [2.45, 2.75) is 38.1 Å². The zero-order valence-electron chi connectivity index (χ0n) is 15.9. The molecule has 144 valence electrons. The van der Waals surface area contributed by atoms with Gasteiger partial charge in [-0.25, -0.2) is 0 Å². The number of rotatable bonds is 4. The molecule has 1 aromatic heterocycles. The molecular formula is C22H23N3O3. The van der Waals surface area contributed by atoms with E-state index in [1.807, 2.05) is 25.1 Å². The number of amides is 1. The summed E-state index contributed by atoms with van der Waals surface area (Å²) < 4.78 is 12.1. The van der Waals surface area contributed by atoms with Crippen LogP contribution in [0.15, 0.2) is 42.5 Å². The summed E-state index contributed by atoms with van der Waals surface area (Å²) >= 11 is 0. The first-order valence-corrected chi connectivity index (χ1v) is 9.54. The van der Waals surface area contributed by atoms with Crippen molar-refractivity contribution in [1.82, 2.24) is 9.88 Å². The summed E-state index contributed by atoms with van der Waals surface area (Å²) in [6, 6.07) is 14.8. The van der Waals surface area contributed by atoms with Gasteiger partial charge < -0.3 is 14.4 Å². The zero-order chi connectivity index (χ0) is 19.6. The molecule has 3 heterocycles. The van der Waals surface area contributed by atoms with Crippen LogP contribution in [0.4, 0.5) is 0 Å². The molecule has 0 bridgehead atoms. The van der Waals surface area contributed by atoms with Crippen LogP contribution in [0.25, 0.3) is 0 Å². The van der Waals surface area contributed by atoms with Crippen LogP contribution < -0.4 is 0 Å². The van der Waals surface area contributed by atoms with Gasteiger partial charge in [0.1, 0.15) is 5.60 Å². The Morgan fingerprint density at radius 1 is 1.36 bits per heavy atom. The summed E-state index contributed by atoms with van der Waals surface area (Å²) in [4.78, 5) is 18.9. The fourth-order valence-electron chi connectivity index (χ4n) is 3.93. The highest BCUT2D eigenvalue weighted by Gasteiger charge is 2.49. The van der Waals surface area contributed by atoms with Gasteiger partial charge in [-0.1, -0.05) is 12.1 Å². The number of nitriles is 1. The Kier molecular flexibility index (Phi) is 5.12. The molecule has 0 unspecified atom stereocenters. The molecule has 2 aliphatic heterocycles. The molecule has 6 heteroatoms. The van der Waals surface area contributed by atoms with Crippen molar-refractivity contribution in [3.8, 4) is 6.07 Å². The van der Waals surface area contributed by atoms with Crippen molar-refractivity contribution in [2.75, 3.05) is 19.7 Å². The van der Waals surface area contributed by atoms with Crippen LogP contribution in [-0.4, -0.2) is 47.2 Å². The van der Waals surface area contributed by atoms with Gasteiger partial charge in [0.15, 0.2) is 0 Å². The summed E-state index contributed by atoms with van der Waals surface area (Å²) in [5.41, 5.74) is 2.64. The van der Waals surface area contributed by atoms with Gasteiger partial charge in [-0.2, -0.15) is 5.26 Å². The minimum Gasteiger partial charge on any atom is -0.372 e. The number of carbonyl (C=O) groups is 1. The SMILES string of the molecule is Cc1cccc(CO[C@H]2CCOC3(C2)CN(C(=O)c2cccc(C#N)c2)C3)n1. The second kappa shape index (κ2) is 7.70. The molecule has 2 aromatic rings. The summed E-state index contributed by atoms with van der Waals surface area (Å²) in [5, 5.41) is 9.02. The van der Waals surface area contributed by atoms with Crippen molar-refractivity contribution >= 4 is 5.91 Å². The van der Waals surface area contributed by atoms with Gasteiger partial charge in [-0.05, 0) is 43.7 Å². The lowest BCUT2D eigenvalue weighted by atomic mass is 9.84. The molecule has 4 rings (SSSR count). The first kappa shape index (κ1) is 18.6. The van der Waals surface area contributed by atoms with Crippen molar-refractivity contribution in [1.29, 1.82) is 5.26 Å². The van der Waals surface area contributed by atoms with Gasteiger partial charge in [0, 0.05) is 24.3 Å². The van der Waals surface area contributed by atoms with E-state index in [4.69, 9.17) is 14.7 Å². The third kappa shape index (κ3) is 3.91. The molecule has 1 spiro atoms. The van der Waals surface area contributed by atoms with Crippen LogP contribution in [0.5, 0.6) is 0 Å². The van der Waals surface area contributed by atoms with Crippen molar-refractivity contribution in [3.63, 3.8) is 0 Å². The van der Waals surface area contributed by atoms with E-state index < -0.39 is 0 Å². The monoisotopic (exact) mass is 377 g/mol. The number of ether oxygens (including phenoxy) is 2. The molecule has 2 saturated heterocycles. The molecule has 1 amide bonds. The van der Waals surface area contributed by atoms with Gasteiger partial charge in [-0.3, -0.25) is 9.78 Å². The highest BCUT2D eigenvalue weighted by Crippen LogP contribution is 2.36. The van der Waals surface area contributed by atoms with Crippen LogP contribution in [-0.2, 0) is 16.1 Å². The van der Waals surface area contributed by atoms with Crippen LogP contribution >= 0.6 is 0 Å². The molecule has 0 N–H and O–H groups in total. The van der Waals surface area contributed by atoms with Crippen molar-refractivity contribution in [2.24, 2.45) is 0 Å². The predicted octanol–water partition coefficient (Wildman–Crippen LogP) is 2.85. The molecule has 0 radical (unpaired) electrons. The Labute approximate surface area is 164 Å². The molecule has 2 fully saturated rings. The van der Waals surface area contributed by atoms with Crippen LogP contribution in [0.1, 0.15) is 40.2 Å².